The Labute approximate surface area is 168 Å². The summed E-state index contributed by atoms with van der Waals surface area (Å²) < 4.78 is 3.96. The number of fused-ring (bicyclic) bond motifs is 3. The molecule has 3 aromatic rings. The zero-order valence-corrected chi connectivity index (χ0v) is 16.3. The van der Waals surface area contributed by atoms with Crippen molar-refractivity contribution >= 4 is 11.8 Å². The number of aryl methyl sites for hydroxylation is 1. The van der Waals surface area contributed by atoms with E-state index in [1.165, 1.54) is 0 Å². The first-order valence-corrected chi connectivity index (χ1v) is 9.93. The van der Waals surface area contributed by atoms with Gasteiger partial charge in [-0.1, -0.05) is 30.3 Å². The molecule has 2 aromatic heterocycles. The minimum atomic E-state index is -0.519. The molecular weight excluding hydrogens is 366 g/mol. The normalized spacial score (nSPS) is 20.4. The lowest BCUT2D eigenvalue weighted by atomic mass is 10.1. The average Bonchev–Trinajstić information content (AvgIpc) is 3.37. The number of nitrogens with two attached hydrogens (primary N) is 1. The fourth-order valence-electron chi connectivity index (χ4n) is 4.82. The quantitative estimate of drug-likeness (QED) is 0.745. The highest BCUT2D eigenvalue weighted by molar-refractivity contribution is 5.94. The maximum Gasteiger partial charge on any atom is 0.271 e. The van der Waals surface area contributed by atoms with E-state index in [0.29, 0.717) is 24.4 Å². The van der Waals surface area contributed by atoms with Crippen molar-refractivity contribution in [1.82, 2.24) is 19.0 Å². The highest BCUT2D eigenvalue weighted by Crippen LogP contribution is 2.36. The molecule has 7 nitrogen and oxygen atoms in total. The molecule has 2 amide bonds. The molecule has 0 radical (unpaired) electrons. The first kappa shape index (κ1) is 17.7. The lowest BCUT2D eigenvalue weighted by molar-refractivity contribution is 0.0656. The van der Waals surface area contributed by atoms with Gasteiger partial charge in [-0.15, -0.1) is 0 Å². The Bertz CT molecular complexity index is 1100. The molecule has 7 heteroatoms. The number of benzene rings is 1. The lowest BCUT2D eigenvalue weighted by Gasteiger charge is -2.28. The molecule has 5 rings (SSSR count). The van der Waals surface area contributed by atoms with E-state index in [0.717, 1.165) is 29.9 Å². The van der Waals surface area contributed by atoms with Gasteiger partial charge in [0.1, 0.15) is 17.2 Å². The van der Waals surface area contributed by atoms with Gasteiger partial charge in [-0.2, -0.15) is 0 Å². The Morgan fingerprint density at radius 3 is 2.52 bits per heavy atom. The van der Waals surface area contributed by atoms with Crippen LogP contribution in [0, 0.1) is 0 Å². The Kier molecular flexibility index (Phi) is 4.04. The number of nitrogens with zero attached hydrogens (tertiary/aromatic N) is 4. The van der Waals surface area contributed by atoms with Crippen LogP contribution in [0.1, 0.15) is 39.5 Å². The van der Waals surface area contributed by atoms with Gasteiger partial charge in [0, 0.05) is 37.8 Å². The van der Waals surface area contributed by atoms with Crippen LogP contribution in [0.3, 0.4) is 0 Å². The summed E-state index contributed by atoms with van der Waals surface area (Å²) in [5.74, 6) is 0.271. The predicted molar refractivity (Wildman–Crippen MR) is 108 cm³/mol. The maximum atomic E-state index is 13.3. The second-order valence-corrected chi connectivity index (χ2v) is 7.88. The lowest BCUT2D eigenvalue weighted by Crippen LogP contribution is -2.42. The summed E-state index contributed by atoms with van der Waals surface area (Å²) in [4.78, 5) is 32.1. The molecular formula is C22H23N5O2. The Balaban J connectivity index is 1.59. The second kappa shape index (κ2) is 6.62. The van der Waals surface area contributed by atoms with Gasteiger partial charge in [0.2, 0.25) is 0 Å². The van der Waals surface area contributed by atoms with Crippen LogP contribution in [0.4, 0.5) is 0 Å². The van der Waals surface area contributed by atoms with Gasteiger partial charge in [-0.3, -0.25) is 9.59 Å². The van der Waals surface area contributed by atoms with Gasteiger partial charge in [0.25, 0.3) is 11.8 Å². The summed E-state index contributed by atoms with van der Waals surface area (Å²) in [6, 6.07) is 13.7. The van der Waals surface area contributed by atoms with E-state index in [1.807, 2.05) is 65.2 Å². The van der Waals surface area contributed by atoms with Gasteiger partial charge >= 0.3 is 0 Å². The molecule has 2 aliphatic rings. The molecule has 0 saturated carbocycles. The minimum absolute atomic E-state index is 0.0436. The van der Waals surface area contributed by atoms with E-state index in [1.54, 1.807) is 0 Å². The van der Waals surface area contributed by atoms with E-state index in [9.17, 15) is 9.59 Å². The van der Waals surface area contributed by atoms with Crippen LogP contribution >= 0.6 is 0 Å². The molecule has 1 aromatic carbocycles. The first-order chi connectivity index (χ1) is 14.0. The van der Waals surface area contributed by atoms with Gasteiger partial charge < -0.3 is 19.8 Å². The largest absolute Gasteiger partial charge is 0.364 e. The summed E-state index contributed by atoms with van der Waals surface area (Å²) in [6.07, 6.45) is 4.34. The molecule has 2 N–H and O–H groups in total. The SMILES string of the molecule is Cn1cccc1C(=O)N1[C@@H]2CC[C@H]1Cc1c(C(N)=O)nc(-c3ccccc3)n1C2. The van der Waals surface area contributed by atoms with Crippen LogP contribution in [-0.2, 0) is 20.0 Å². The molecule has 0 aliphatic carbocycles. The predicted octanol–water partition coefficient (Wildman–Crippen LogP) is 2.22. The van der Waals surface area contributed by atoms with E-state index in [4.69, 9.17) is 5.73 Å². The number of amides is 2. The molecule has 2 bridgehead atoms. The standard InChI is InChI=1S/C22H23N5O2/c1-25-11-5-8-17(25)22(29)27-15-9-10-16(27)13-26-18(12-15)19(20(23)28)24-21(26)14-6-3-2-4-7-14/h2-8,11,15-16H,9-10,12-13H2,1H3,(H2,23,28)/t15-,16+/m0/s1. The first-order valence-electron chi connectivity index (χ1n) is 9.93. The number of hydrogen-bond acceptors (Lipinski definition) is 3. The van der Waals surface area contributed by atoms with Crippen molar-refractivity contribution in [2.45, 2.75) is 37.9 Å². The fourth-order valence-corrected chi connectivity index (χ4v) is 4.82. The van der Waals surface area contributed by atoms with E-state index in [2.05, 4.69) is 9.55 Å². The number of hydrogen-bond donors (Lipinski definition) is 1. The minimum Gasteiger partial charge on any atom is -0.364 e. The van der Waals surface area contributed by atoms with Crippen molar-refractivity contribution in [3.05, 3.63) is 65.7 Å². The van der Waals surface area contributed by atoms with Crippen LogP contribution in [0.25, 0.3) is 11.4 Å². The van der Waals surface area contributed by atoms with Crippen molar-refractivity contribution in [2.24, 2.45) is 12.8 Å². The highest BCUT2D eigenvalue weighted by Gasteiger charge is 2.42. The topological polar surface area (TPSA) is 86.2 Å². The van der Waals surface area contributed by atoms with Gasteiger partial charge in [-0.05, 0) is 25.0 Å². The number of rotatable bonds is 3. The van der Waals surface area contributed by atoms with Gasteiger partial charge in [-0.25, -0.2) is 4.98 Å². The van der Waals surface area contributed by atoms with E-state index in [-0.39, 0.29) is 18.0 Å². The molecule has 0 unspecified atom stereocenters. The van der Waals surface area contributed by atoms with Crippen LogP contribution in [-0.4, -0.2) is 42.9 Å². The van der Waals surface area contributed by atoms with Crippen molar-refractivity contribution < 1.29 is 9.59 Å². The second-order valence-electron chi connectivity index (χ2n) is 7.88. The van der Waals surface area contributed by atoms with E-state index >= 15 is 0 Å². The maximum absolute atomic E-state index is 13.3. The Morgan fingerprint density at radius 2 is 1.83 bits per heavy atom. The molecule has 2 aliphatic heterocycles. The third kappa shape index (κ3) is 2.76. The smallest absolute Gasteiger partial charge is 0.271 e. The highest BCUT2D eigenvalue weighted by atomic mass is 16.2. The molecule has 148 valence electrons. The number of carbonyl (C=O) groups excluding carboxylic acids is 2. The van der Waals surface area contributed by atoms with Crippen LogP contribution in [0.15, 0.2) is 48.7 Å². The van der Waals surface area contributed by atoms with Gasteiger partial charge in [0.15, 0.2) is 0 Å². The monoisotopic (exact) mass is 389 g/mol. The molecule has 29 heavy (non-hydrogen) atoms. The van der Waals surface area contributed by atoms with Crippen molar-refractivity contribution in [1.29, 1.82) is 0 Å². The fraction of sp³-hybridized carbons (Fsp3) is 0.318. The zero-order valence-electron chi connectivity index (χ0n) is 16.3. The average molecular weight is 389 g/mol. The van der Waals surface area contributed by atoms with Gasteiger partial charge in [0.05, 0.1) is 11.7 Å². The van der Waals surface area contributed by atoms with E-state index < -0.39 is 5.91 Å². The van der Waals surface area contributed by atoms with Crippen LogP contribution < -0.4 is 5.73 Å². The Hall–Kier alpha value is -3.35. The van der Waals surface area contributed by atoms with Crippen molar-refractivity contribution in [3.8, 4) is 11.4 Å². The van der Waals surface area contributed by atoms with Crippen molar-refractivity contribution in [2.75, 3.05) is 0 Å². The van der Waals surface area contributed by atoms with Crippen molar-refractivity contribution in [3.63, 3.8) is 0 Å². The molecule has 2 atom stereocenters. The summed E-state index contributed by atoms with van der Waals surface area (Å²) in [7, 11) is 1.89. The number of carbonyl (C=O) groups is 2. The third-order valence-electron chi connectivity index (χ3n) is 6.18. The summed E-state index contributed by atoms with van der Waals surface area (Å²) in [5.41, 5.74) is 8.46. The molecule has 4 heterocycles. The summed E-state index contributed by atoms with van der Waals surface area (Å²) in [6.45, 7) is 0.618. The number of aromatic nitrogens is 3. The van der Waals surface area contributed by atoms with Crippen LogP contribution in [0.5, 0.6) is 0 Å². The summed E-state index contributed by atoms with van der Waals surface area (Å²) >= 11 is 0. The third-order valence-corrected chi connectivity index (χ3v) is 6.18. The zero-order chi connectivity index (χ0) is 20.1. The molecule has 1 fully saturated rings. The molecule has 1 saturated heterocycles. The van der Waals surface area contributed by atoms with Crippen LogP contribution in [0.2, 0.25) is 0 Å². The number of primary amides is 1. The molecule has 0 spiro atoms. The summed E-state index contributed by atoms with van der Waals surface area (Å²) in [5, 5.41) is 0. The Morgan fingerprint density at radius 1 is 1.07 bits per heavy atom. The number of imidazole rings is 1.